The van der Waals surface area contributed by atoms with Crippen LogP contribution in [0.15, 0.2) is 12.1 Å². The summed E-state index contributed by atoms with van der Waals surface area (Å²) in [4.78, 5) is 26.1. The summed E-state index contributed by atoms with van der Waals surface area (Å²) in [5.41, 5.74) is -0.321. The van der Waals surface area contributed by atoms with Gasteiger partial charge in [0.2, 0.25) is 11.9 Å². The lowest BCUT2D eigenvalue weighted by molar-refractivity contribution is -0.115. The number of rotatable bonds is 4. The average molecular weight is 251 g/mol. The summed E-state index contributed by atoms with van der Waals surface area (Å²) in [5.74, 6) is -2.32. The van der Waals surface area contributed by atoms with Crippen LogP contribution in [-0.2, 0) is 9.53 Å². The third kappa shape index (κ3) is 3.52. The minimum Gasteiger partial charge on any atom is -0.461 e. The Morgan fingerprint density at radius 3 is 2.89 bits per heavy atom. The molecular formula is C11H10FN3O3. The van der Waals surface area contributed by atoms with Crippen LogP contribution in [0.5, 0.6) is 0 Å². The molecule has 0 aliphatic rings. The quantitative estimate of drug-likeness (QED) is 0.642. The van der Waals surface area contributed by atoms with Gasteiger partial charge in [-0.05, 0) is 19.1 Å². The Bertz CT molecular complexity index is 511. The fraction of sp³-hybridized carbons (Fsp3) is 0.273. The number of hydrogen-bond donors (Lipinski definition) is 1. The van der Waals surface area contributed by atoms with E-state index in [0.29, 0.717) is 0 Å². The number of aromatic nitrogens is 1. The molecule has 0 radical (unpaired) electrons. The summed E-state index contributed by atoms with van der Waals surface area (Å²) in [6.45, 7) is 1.69. The number of hydrogen-bond acceptors (Lipinski definition) is 5. The second-order valence-corrected chi connectivity index (χ2v) is 3.13. The SMILES string of the molecule is CCOC(=O)c1nc(F)ccc1NC(=O)CC#N. The summed E-state index contributed by atoms with van der Waals surface area (Å²) < 4.78 is 17.6. The lowest BCUT2D eigenvalue weighted by Crippen LogP contribution is -2.17. The van der Waals surface area contributed by atoms with E-state index >= 15 is 0 Å². The molecule has 0 aromatic carbocycles. The van der Waals surface area contributed by atoms with Crippen molar-refractivity contribution in [1.29, 1.82) is 5.26 Å². The van der Waals surface area contributed by atoms with Crippen molar-refractivity contribution >= 4 is 17.6 Å². The Labute approximate surface area is 102 Å². The molecule has 0 atom stereocenters. The van der Waals surface area contributed by atoms with Gasteiger partial charge in [0.05, 0.1) is 18.4 Å². The molecule has 0 saturated heterocycles. The van der Waals surface area contributed by atoms with E-state index in [-0.39, 0.29) is 24.4 Å². The van der Waals surface area contributed by atoms with Gasteiger partial charge in [-0.15, -0.1) is 0 Å². The predicted molar refractivity (Wildman–Crippen MR) is 59.0 cm³/mol. The van der Waals surface area contributed by atoms with E-state index in [4.69, 9.17) is 5.26 Å². The van der Waals surface area contributed by atoms with E-state index < -0.39 is 17.8 Å². The molecule has 94 valence electrons. The van der Waals surface area contributed by atoms with Crippen LogP contribution in [0.2, 0.25) is 0 Å². The van der Waals surface area contributed by atoms with Gasteiger partial charge in [0.25, 0.3) is 0 Å². The van der Waals surface area contributed by atoms with Crippen LogP contribution < -0.4 is 5.32 Å². The highest BCUT2D eigenvalue weighted by Crippen LogP contribution is 2.15. The van der Waals surface area contributed by atoms with Crippen LogP contribution in [0.1, 0.15) is 23.8 Å². The zero-order valence-corrected chi connectivity index (χ0v) is 9.57. The Morgan fingerprint density at radius 1 is 1.56 bits per heavy atom. The molecular weight excluding hydrogens is 241 g/mol. The smallest absolute Gasteiger partial charge is 0.359 e. The van der Waals surface area contributed by atoms with E-state index in [1.54, 1.807) is 13.0 Å². The highest BCUT2D eigenvalue weighted by molar-refractivity contribution is 6.00. The molecule has 1 amide bonds. The predicted octanol–water partition coefficient (Wildman–Crippen LogP) is 1.25. The number of pyridine rings is 1. The average Bonchev–Trinajstić information content (AvgIpc) is 2.32. The fourth-order valence-corrected chi connectivity index (χ4v) is 1.16. The van der Waals surface area contributed by atoms with Crippen molar-refractivity contribution in [2.24, 2.45) is 0 Å². The standard InChI is InChI=1S/C11H10FN3O3/c1-2-18-11(17)10-7(3-4-8(12)15-10)14-9(16)5-6-13/h3-4H,2,5H2,1H3,(H,14,16). The largest absolute Gasteiger partial charge is 0.461 e. The number of nitrogens with one attached hydrogen (secondary N) is 1. The molecule has 1 heterocycles. The van der Waals surface area contributed by atoms with Crippen molar-refractivity contribution in [1.82, 2.24) is 4.98 Å². The minimum atomic E-state index is -0.865. The molecule has 18 heavy (non-hydrogen) atoms. The Hall–Kier alpha value is -2.49. The molecule has 1 rings (SSSR count). The van der Waals surface area contributed by atoms with Gasteiger partial charge in [-0.3, -0.25) is 4.79 Å². The molecule has 0 aliphatic heterocycles. The van der Waals surface area contributed by atoms with Crippen molar-refractivity contribution in [3.8, 4) is 6.07 Å². The molecule has 1 N–H and O–H groups in total. The van der Waals surface area contributed by atoms with Crippen LogP contribution in [0.25, 0.3) is 0 Å². The minimum absolute atomic E-state index is 0.00935. The molecule has 0 unspecified atom stereocenters. The van der Waals surface area contributed by atoms with Gasteiger partial charge in [0.15, 0.2) is 5.69 Å². The number of amides is 1. The first kappa shape index (κ1) is 13.6. The molecule has 0 bridgehead atoms. The van der Waals surface area contributed by atoms with E-state index in [0.717, 1.165) is 6.07 Å². The Morgan fingerprint density at radius 2 is 2.28 bits per heavy atom. The van der Waals surface area contributed by atoms with Gasteiger partial charge >= 0.3 is 5.97 Å². The lowest BCUT2D eigenvalue weighted by Gasteiger charge is -2.08. The van der Waals surface area contributed by atoms with Gasteiger partial charge in [-0.2, -0.15) is 9.65 Å². The van der Waals surface area contributed by atoms with E-state index in [1.807, 2.05) is 0 Å². The molecule has 0 fully saturated rings. The zero-order chi connectivity index (χ0) is 13.5. The highest BCUT2D eigenvalue weighted by atomic mass is 19.1. The number of carbonyl (C=O) groups excluding carboxylic acids is 2. The number of carbonyl (C=O) groups is 2. The first-order valence-electron chi connectivity index (χ1n) is 5.09. The topological polar surface area (TPSA) is 92.1 Å². The first-order chi connectivity index (χ1) is 8.58. The van der Waals surface area contributed by atoms with Crippen molar-refractivity contribution in [3.05, 3.63) is 23.8 Å². The maximum absolute atomic E-state index is 12.9. The van der Waals surface area contributed by atoms with Crippen molar-refractivity contribution in [2.75, 3.05) is 11.9 Å². The van der Waals surface area contributed by atoms with Crippen LogP contribution in [0.4, 0.5) is 10.1 Å². The third-order valence-electron chi connectivity index (χ3n) is 1.84. The van der Waals surface area contributed by atoms with Crippen LogP contribution in [0, 0.1) is 17.3 Å². The molecule has 6 nitrogen and oxygen atoms in total. The van der Waals surface area contributed by atoms with Crippen molar-refractivity contribution < 1.29 is 18.7 Å². The number of nitrogens with zero attached hydrogens (tertiary/aromatic N) is 2. The summed E-state index contributed by atoms with van der Waals surface area (Å²) in [7, 11) is 0. The number of ether oxygens (including phenoxy) is 1. The number of anilines is 1. The number of nitriles is 1. The van der Waals surface area contributed by atoms with E-state index in [9.17, 15) is 14.0 Å². The number of halogens is 1. The summed E-state index contributed by atoms with van der Waals surface area (Å²) in [6.07, 6.45) is -0.375. The normalized spacial score (nSPS) is 9.39. The van der Waals surface area contributed by atoms with Gasteiger partial charge in [-0.25, -0.2) is 9.78 Å². The summed E-state index contributed by atoms with van der Waals surface area (Å²) in [6, 6.07) is 3.83. The molecule has 1 aromatic rings. The summed E-state index contributed by atoms with van der Waals surface area (Å²) in [5, 5.41) is 10.6. The summed E-state index contributed by atoms with van der Waals surface area (Å²) >= 11 is 0. The molecule has 0 spiro atoms. The van der Waals surface area contributed by atoms with Gasteiger partial charge in [0, 0.05) is 0 Å². The third-order valence-corrected chi connectivity index (χ3v) is 1.84. The molecule has 0 saturated carbocycles. The maximum atomic E-state index is 12.9. The zero-order valence-electron chi connectivity index (χ0n) is 9.57. The van der Waals surface area contributed by atoms with Crippen LogP contribution in [-0.4, -0.2) is 23.5 Å². The maximum Gasteiger partial charge on any atom is 0.359 e. The molecule has 7 heteroatoms. The van der Waals surface area contributed by atoms with Gasteiger partial charge < -0.3 is 10.1 Å². The van der Waals surface area contributed by atoms with Crippen LogP contribution in [0.3, 0.4) is 0 Å². The fourth-order valence-electron chi connectivity index (χ4n) is 1.16. The number of esters is 1. The van der Waals surface area contributed by atoms with Crippen molar-refractivity contribution in [3.63, 3.8) is 0 Å². The van der Waals surface area contributed by atoms with Gasteiger partial charge in [-0.1, -0.05) is 0 Å². The van der Waals surface area contributed by atoms with Gasteiger partial charge in [0.1, 0.15) is 6.42 Å². The lowest BCUT2D eigenvalue weighted by atomic mass is 10.2. The van der Waals surface area contributed by atoms with E-state index in [2.05, 4.69) is 15.0 Å². The molecule has 1 aromatic heterocycles. The Balaban J connectivity index is 3.00. The van der Waals surface area contributed by atoms with Crippen LogP contribution >= 0.6 is 0 Å². The first-order valence-corrected chi connectivity index (χ1v) is 5.09. The van der Waals surface area contributed by atoms with Crippen molar-refractivity contribution in [2.45, 2.75) is 13.3 Å². The molecule has 0 aliphatic carbocycles. The second-order valence-electron chi connectivity index (χ2n) is 3.13. The Kier molecular flexibility index (Phi) is 4.75. The van der Waals surface area contributed by atoms with E-state index in [1.165, 1.54) is 6.07 Å². The monoisotopic (exact) mass is 251 g/mol. The highest BCUT2D eigenvalue weighted by Gasteiger charge is 2.17. The second kappa shape index (κ2) is 6.30.